The second-order valence-electron chi connectivity index (χ2n) is 7.49. The molecular weight excluding hydrogens is 519 g/mol. The maximum absolute atomic E-state index is 13.5. The second-order valence-corrected chi connectivity index (χ2v) is 8.75. The van der Waals surface area contributed by atoms with Crippen LogP contribution in [0.2, 0.25) is 5.02 Å². The van der Waals surface area contributed by atoms with Crippen LogP contribution in [0.3, 0.4) is 0 Å². The largest absolute Gasteiger partial charge is 0.487 e. The van der Waals surface area contributed by atoms with E-state index in [2.05, 4.69) is 27.8 Å². The molecule has 0 radical (unpaired) electrons. The summed E-state index contributed by atoms with van der Waals surface area (Å²) < 4.78 is 20.1. The first-order valence-electron chi connectivity index (χ1n) is 10.3. The number of anilines is 1. The topological polar surface area (TPSA) is 62.1 Å². The number of carbonyl (C=O) groups excluding carboxylic acids is 1. The van der Waals surface area contributed by atoms with E-state index in [-0.39, 0.29) is 18.0 Å². The van der Waals surface area contributed by atoms with E-state index in [9.17, 15) is 14.4 Å². The van der Waals surface area contributed by atoms with Crippen LogP contribution in [0, 0.1) is 24.1 Å². The van der Waals surface area contributed by atoms with E-state index < -0.39 is 5.91 Å². The molecule has 0 fully saturated rings. The minimum absolute atomic E-state index is 0.0680. The summed E-state index contributed by atoms with van der Waals surface area (Å²) in [7, 11) is 0. The summed E-state index contributed by atoms with van der Waals surface area (Å²) in [6, 6.07) is 16.9. The lowest BCUT2D eigenvalue weighted by atomic mass is 10.0. The molecule has 0 aliphatic carbocycles. The summed E-state index contributed by atoms with van der Waals surface area (Å²) in [5.41, 5.74) is 3.44. The lowest BCUT2D eigenvalue weighted by Gasteiger charge is -2.14. The van der Waals surface area contributed by atoms with Crippen molar-refractivity contribution < 1.29 is 13.9 Å². The first-order chi connectivity index (χ1) is 16.3. The Morgan fingerprint density at radius 2 is 2.06 bits per heavy atom. The summed E-state index contributed by atoms with van der Waals surface area (Å²) in [6.07, 6.45) is 3.72. The third-order valence-electron chi connectivity index (χ3n) is 4.89. The Bertz CT molecular complexity index is 1310. The maximum atomic E-state index is 13.5. The van der Waals surface area contributed by atoms with Crippen molar-refractivity contribution in [2.24, 2.45) is 0 Å². The molecule has 7 heteroatoms. The summed E-state index contributed by atoms with van der Waals surface area (Å²) in [6.45, 7) is 5.83. The fourth-order valence-electron chi connectivity index (χ4n) is 3.19. The molecule has 3 aromatic carbocycles. The van der Waals surface area contributed by atoms with Crippen molar-refractivity contribution in [3.63, 3.8) is 0 Å². The zero-order chi connectivity index (χ0) is 24.7. The van der Waals surface area contributed by atoms with Crippen LogP contribution >= 0.6 is 27.5 Å². The van der Waals surface area contributed by atoms with Gasteiger partial charge in [0.25, 0.3) is 5.91 Å². The number of aryl methyl sites for hydroxylation is 1. The highest BCUT2D eigenvalue weighted by Gasteiger charge is 2.14. The van der Waals surface area contributed by atoms with Gasteiger partial charge in [0.1, 0.15) is 29.8 Å². The van der Waals surface area contributed by atoms with Gasteiger partial charge in [-0.25, -0.2) is 4.39 Å². The van der Waals surface area contributed by atoms with Crippen molar-refractivity contribution in [3.05, 3.63) is 110 Å². The molecule has 0 aliphatic rings. The van der Waals surface area contributed by atoms with E-state index in [0.29, 0.717) is 38.5 Å². The van der Waals surface area contributed by atoms with Crippen molar-refractivity contribution in [1.82, 2.24) is 0 Å². The predicted molar refractivity (Wildman–Crippen MR) is 137 cm³/mol. The average molecular weight is 540 g/mol. The van der Waals surface area contributed by atoms with E-state index in [1.807, 2.05) is 19.1 Å². The minimum Gasteiger partial charge on any atom is -0.487 e. The van der Waals surface area contributed by atoms with Crippen LogP contribution in [0.4, 0.5) is 10.1 Å². The van der Waals surface area contributed by atoms with Crippen molar-refractivity contribution in [3.8, 4) is 11.8 Å². The monoisotopic (exact) mass is 538 g/mol. The molecule has 1 N–H and O–H groups in total. The Labute approximate surface area is 211 Å². The number of rotatable bonds is 8. The average Bonchev–Trinajstić information content (AvgIpc) is 2.79. The van der Waals surface area contributed by atoms with Crippen LogP contribution in [0.25, 0.3) is 6.08 Å². The number of allylic oxidation sites excluding steroid dienone is 1. The molecule has 0 spiro atoms. The number of hydrogen-bond acceptors (Lipinski definition) is 3. The number of amides is 1. The van der Waals surface area contributed by atoms with Gasteiger partial charge in [0.05, 0.1) is 4.47 Å². The lowest BCUT2D eigenvalue weighted by molar-refractivity contribution is -0.112. The van der Waals surface area contributed by atoms with Gasteiger partial charge >= 0.3 is 0 Å². The van der Waals surface area contributed by atoms with Crippen LogP contribution < -0.4 is 10.1 Å². The molecule has 0 aliphatic heterocycles. The molecule has 4 nitrogen and oxygen atoms in total. The molecule has 0 aromatic heterocycles. The smallest absolute Gasteiger partial charge is 0.266 e. The molecule has 3 rings (SSSR count). The maximum Gasteiger partial charge on any atom is 0.266 e. The van der Waals surface area contributed by atoms with Gasteiger partial charge in [0.2, 0.25) is 0 Å². The van der Waals surface area contributed by atoms with E-state index in [1.54, 1.807) is 42.5 Å². The molecule has 0 saturated carbocycles. The standard InChI is InChI=1S/C27H21BrClFN2O2/c1-3-5-20-10-19(13-24(28)26(20)34-16-18-6-4-7-22(30)12-18)11-21(15-31)27(33)32-23-9-8-17(2)25(29)14-23/h3-4,6-14H,1,5,16H2,2H3,(H,32,33)/b21-11-. The van der Waals surface area contributed by atoms with Gasteiger partial charge in [-0.15, -0.1) is 6.58 Å². The van der Waals surface area contributed by atoms with Crippen LogP contribution in [-0.2, 0) is 17.8 Å². The van der Waals surface area contributed by atoms with E-state index >= 15 is 0 Å². The molecule has 1 amide bonds. The van der Waals surface area contributed by atoms with Gasteiger partial charge in [-0.3, -0.25) is 4.79 Å². The zero-order valence-electron chi connectivity index (χ0n) is 18.4. The molecule has 34 heavy (non-hydrogen) atoms. The quantitative estimate of drug-likeness (QED) is 0.184. The first kappa shape index (κ1) is 25.2. The molecule has 0 bridgehead atoms. The summed E-state index contributed by atoms with van der Waals surface area (Å²) in [4.78, 5) is 12.7. The van der Waals surface area contributed by atoms with Crippen LogP contribution in [0.5, 0.6) is 5.75 Å². The van der Waals surface area contributed by atoms with Crippen molar-refractivity contribution in [1.29, 1.82) is 5.26 Å². The highest BCUT2D eigenvalue weighted by Crippen LogP contribution is 2.33. The van der Waals surface area contributed by atoms with Crippen molar-refractivity contribution in [2.75, 3.05) is 5.32 Å². The summed E-state index contributed by atoms with van der Waals surface area (Å²) >= 11 is 9.63. The number of nitrogens with one attached hydrogen (secondary N) is 1. The van der Waals surface area contributed by atoms with E-state index in [4.69, 9.17) is 16.3 Å². The Morgan fingerprint density at radius 3 is 2.74 bits per heavy atom. The number of nitrogens with zero attached hydrogens (tertiary/aromatic N) is 1. The van der Waals surface area contributed by atoms with Gasteiger partial charge < -0.3 is 10.1 Å². The Kier molecular flexibility index (Phi) is 8.64. The van der Waals surface area contributed by atoms with Gasteiger partial charge in [-0.2, -0.15) is 5.26 Å². The molecular formula is C27H21BrClFN2O2. The lowest BCUT2D eigenvalue weighted by Crippen LogP contribution is -2.13. The normalized spacial score (nSPS) is 11.0. The van der Waals surface area contributed by atoms with Crippen molar-refractivity contribution >= 4 is 45.2 Å². The highest BCUT2D eigenvalue weighted by molar-refractivity contribution is 9.10. The SMILES string of the molecule is C=CCc1cc(/C=C(/C#N)C(=O)Nc2ccc(C)c(Cl)c2)cc(Br)c1OCc1cccc(F)c1. The van der Waals surface area contributed by atoms with Crippen LogP contribution in [-0.4, -0.2) is 5.91 Å². The number of benzene rings is 3. The van der Waals surface area contributed by atoms with E-state index in [1.165, 1.54) is 18.2 Å². The second kappa shape index (κ2) is 11.6. The van der Waals surface area contributed by atoms with Crippen LogP contribution in [0.1, 0.15) is 22.3 Å². The number of hydrogen-bond donors (Lipinski definition) is 1. The van der Waals surface area contributed by atoms with E-state index in [0.717, 1.165) is 11.1 Å². The minimum atomic E-state index is -0.546. The molecule has 3 aromatic rings. The fourth-order valence-corrected chi connectivity index (χ4v) is 4.01. The number of nitriles is 1. The molecule has 0 unspecified atom stereocenters. The first-order valence-corrected chi connectivity index (χ1v) is 11.5. The Morgan fingerprint density at radius 1 is 1.26 bits per heavy atom. The van der Waals surface area contributed by atoms with Gasteiger partial charge in [0.15, 0.2) is 0 Å². The predicted octanol–water partition coefficient (Wildman–Crippen LogP) is 7.40. The molecule has 0 saturated heterocycles. The number of halogens is 3. The van der Waals surface area contributed by atoms with Crippen molar-refractivity contribution in [2.45, 2.75) is 20.0 Å². The number of carbonyl (C=O) groups is 1. The molecule has 172 valence electrons. The third-order valence-corrected chi connectivity index (χ3v) is 5.88. The van der Waals surface area contributed by atoms with Gasteiger partial charge in [-0.05, 0) is 94.0 Å². The summed E-state index contributed by atoms with van der Waals surface area (Å²) in [5, 5.41) is 12.8. The molecule has 0 heterocycles. The molecule has 0 atom stereocenters. The Balaban J connectivity index is 1.85. The summed E-state index contributed by atoms with van der Waals surface area (Å²) in [5.74, 6) is -0.295. The van der Waals surface area contributed by atoms with Crippen LogP contribution in [0.15, 0.2) is 77.3 Å². The Hall–Kier alpha value is -3.40. The van der Waals surface area contributed by atoms with Gasteiger partial charge in [0, 0.05) is 10.7 Å². The van der Waals surface area contributed by atoms with Gasteiger partial charge in [-0.1, -0.05) is 35.9 Å². The third kappa shape index (κ3) is 6.57. The number of ether oxygens (including phenoxy) is 1. The fraction of sp³-hybridized carbons (Fsp3) is 0.111. The highest BCUT2D eigenvalue weighted by atomic mass is 79.9. The zero-order valence-corrected chi connectivity index (χ0v) is 20.7.